The van der Waals surface area contributed by atoms with E-state index in [9.17, 15) is 13.6 Å². The number of hydrogen-bond acceptors (Lipinski definition) is 1. The molecule has 6 heteroatoms. The Hall–Kier alpha value is -0.680. The molecule has 0 radical (unpaired) electrons. The van der Waals surface area contributed by atoms with Crippen LogP contribution in [0.25, 0.3) is 0 Å². The van der Waals surface area contributed by atoms with Crippen molar-refractivity contribution < 1.29 is 13.6 Å². The van der Waals surface area contributed by atoms with Gasteiger partial charge in [0.25, 0.3) is 0 Å². The van der Waals surface area contributed by atoms with Crippen LogP contribution >= 0.6 is 27.5 Å². The van der Waals surface area contributed by atoms with Crippen molar-refractivity contribution in [2.45, 2.75) is 13.8 Å². The quantitative estimate of drug-likeness (QED) is 0.662. The first-order chi connectivity index (χ1) is 7.77. The van der Waals surface area contributed by atoms with Gasteiger partial charge in [-0.2, -0.15) is 0 Å². The summed E-state index contributed by atoms with van der Waals surface area (Å²) in [6, 6.07) is 1.88. The average molecular weight is 327 g/mol. The average Bonchev–Trinajstić information content (AvgIpc) is 2.25. The van der Waals surface area contributed by atoms with Crippen LogP contribution in [0.5, 0.6) is 0 Å². The summed E-state index contributed by atoms with van der Waals surface area (Å²) in [6.07, 6.45) is 0. The predicted molar refractivity (Wildman–Crippen MR) is 67.2 cm³/mol. The molecular formula is C11H11BrClF2NO. The number of hydrogen-bond donors (Lipinski definition) is 1. The van der Waals surface area contributed by atoms with Crippen LogP contribution in [-0.4, -0.2) is 11.8 Å². The van der Waals surface area contributed by atoms with Crippen LogP contribution in [0.3, 0.4) is 0 Å². The summed E-state index contributed by atoms with van der Waals surface area (Å²) in [5.74, 6) is -1.88. The first kappa shape index (κ1) is 14.4. The molecule has 1 amide bonds. The molecular weight excluding hydrogens is 315 g/mol. The minimum atomic E-state index is -0.829. The molecule has 0 aromatic heterocycles. The highest BCUT2D eigenvalue weighted by Crippen LogP contribution is 2.26. The van der Waals surface area contributed by atoms with Crippen molar-refractivity contribution in [1.82, 2.24) is 0 Å². The molecule has 0 spiro atoms. The number of anilines is 1. The number of alkyl halides is 1. The van der Waals surface area contributed by atoms with Crippen LogP contribution in [0.1, 0.15) is 13.8 Å². The fourth-order valence-corrected chi connectivity index (χ4v) is 1.44. The van der Waals surface area contributed by atoms with Crippen LogP contribution in [-0.2, 0) is 4.79 Å². The highest BCUT2D eigenvalue weighted by Gasteiger charge is 2.27. The van der Waals surface area contributed by atoms with E-state index in [0.717, 1.165) is 0 Å². The number of benzene rings is 1. The molecule has 0 saturated heterocycles. The van der Waals surface area contributed by atoms with E-state index in [1.54, 1.807) is 13.8 Å². The highest BCUT2D eigenvalue weighted by atomic mass is 79.9. The fourth-order valence-electron chi connectivity index (χ4n) is 0.971. The van der Waals surface area contributed by atoms with Crippen molar-refractivity contribution >= 4 is 39.1 Å². The van der Waals surface area contributed by atoms with E-state index in [1.807, 2.05) is 0 Å². The zero-order valence-corrected chi connectivity index (χ0v) is 11.6. The van der Waals surface area contributed by atoms with Gasteiger partial charge < -0.3 is 5.32 Å². The minimum Gasteiger partial charge on any atom is -0.323 e. The van der Waals surface area contributed by atoms with Gasteiger partial charge in [0.15, 0.2) is 0 Å². The molecule has 1 aromatic carbocycles. The number of rotatable bonds is 3. The maximum Gasteiger partial charge on any atom is 0.231 e. The summed E-state index contributed by atoms with van der Waals surface area (Å²) in [5.41, 5.74) is -0.907. The molecule has 94 valence electrons. The molecule has 0 atom stereocenters. The Morgan fingerprint density at radius 2 is 2.00 bits per heavy atom. The highest BCUT2D eigenvalue weighted by molar-refractivity contribution is 9.10. The Bertz CT molecular complexity index is 451. The second kappa shape index (κ2) is 5.31. The Morgan fingerprint density at radius 3 is 2.53 bits per heavy atom. The van der Waals surface area contributed by atoms with Crippen molar-refractivity contribution in [3.8, 4) is 0 Å². The van der Waals surface area contributed by atoms with Crippen LogP contribution in [0, 0.1) is 17.0 Å². The van der Waals surface area contributed by atoms with Gasteiger partial charge in [0.05, 0.1) is 15.6 Å². The summed E-state index contributed by atoms with van der Waals surface area (Å²) < 4.78 is 26.4. The van der Waals surface area contributed by atoms with Crippen molar-refractivity contribution in [3.05, 3.63) is 28.2 Å². The largest absolute Gasteiger partial charge is 0.323 e. The molecule has 17 heavy (non-hydrogen) atoms. The van der Waals surface area contributed by atoms with Crippen molar-refractivity contribution in [1.29, 1.82) is 0 Å². The van der Waals surface area contributed by atoms with E-state index in [0.29, 0.717) is 6.07 Å². The summed E-state index contributed by atoms with van der Waals surface area (Å²) in [7, 11) is 0. The van der Waals surface area contributed by atoms with Gasteiger partial charge in [-0.1, -0.05) is 0 Å². The van der Waals surface area contributed by atoms with E-state index >= 15 is 0 Å². The molecule has 0 bridgehead atoms. The lowest BCUT2D eigenvalue weighted by molar-refractivity contribution is -0.123. The molecule has 0 aliphatic rings. The van der Waals surface area contributed by atoms with Crippen molar-refractivity contribution in [3.63, 3.8) is 0 Å². The Morgan fingerprint density at radius 1 is 1.41 bits per heavy atom. The van der Waals surface area contributed by atoms with E-state index in [1.165, 1.54) is 6.07 Å². The van der Waals surface area contributed by atoms with E-state index in [-0.39, 0.29) is 16.0 Å². The number of halogens is 4. The maximum atomic E-state index is 13.4. The zero-order chi connectivity index (χ0) is 13.2. The van der Waals surface area contributed by atoms with Gasteiger partial charge in [0.1, 0.15) is 11.6 Å². The van der Waals surface area contributed by atoms with Crippen molar-refractivity contribution in [2.75, 3.05) is 11.2 Å². The Labute approximate surface area is 111 Å². The smallest absolute Gasteiger partial charge is 0.231 e. The molecule has 0 aliphatic heterocycles. The van der Waals surface area contributed by atoms with Crippen LogP contribution < -0.4 is 5.32 Å². The minimum absolute atomic E-state index is 0.0814. The molecule has 0 unspecified atom stereocenters. The second-order valence-corrected chi connectivity index (χ2v) is 5.34. The lowest BCUT2D eigenvalue weighted by Crippen LogP contribution is -2.32. The summed E-state index contributed by atoms with van der Waals surface area (Å²) in [5, 5.41) is 2.37. The van der Waals surface area contributed by atoms with Gasteiger partial charge in [0.2, 0.25) is 5.91 Å². The molecule has 1 rings (SSSR count). The van der Waals surface area contributed by atoms with Gasteiger partial charge in [-0.05, 0) is 35.8 Å². The van der Waals surface area contributed by atoms with Gasteiger partial charge in [0, 0.05) is 11.9 Å². The van der Waals surface area contributed by atoms with Crippen LogP contribution in [0.2, 0.25) is 0 Å². The maximum absolute atomic E-state index is 13.4. The molecule has 0 saturated carbocycles. The van der Waals surface area contributed by atoms with Gasteiger partial charge in [-0.3, -0.25) is 4.79 Å². The monoisotopic (exact) mass is 325 g/mol. The first-order valence-electron chi connectivity index (χ1n) is 4.80. The number of carbonyl (C=O) groups is 1. The van der Waals surface area contributed by atoms with Gasteiger partial charge in [-0.25, -0.2) is 8.78 Å². The van der Waals surface area contributed by atoms with E-state index < -0.39 is 23.0 Å². The molecule has 2 nitrogen and oxygen atoms in total. The molecule has 0 aliphatic carbocycles. The van der Waals surface area contributed by atoms with Gasteiger partial charge >= 0.3 is 0 Å². The standard InChI is InChI=1S/C11H11BrClF2NO/c1-11(2,5-13)10(17)16-9-3-6(12)7(14)4-8(9)15/h3-4H,5H2,1-2H3,(H,16,17). The lowest BCUT2D eigenvalue weighted by atomic mass is 9.95. The topological polar surface area (TPSA) is 29.1 Å². The third-order valence-electron chi connectivity index (χ3n) is 2.21. The third kappa shape index (κ3) is 3.39. The predicted octanol–water partition coefficient (Wildman–Crippen LogP) is 3.93. The normalized spacial score (nSPS) is 11.4. The Balaban J connectivity index is 2.97. The summed E-state index contributed by atoms with van der Waals surface area (Å²) in [6.45, 7) is 3.26. The third-order valence-corrected chi connectivity index (χ3v) is 3.48. The zero-order valence-electron chi connectivity index (χ0n) is 9.28. The van der Waals surface area contributed by atoms with Crippen LogP contribution in [0.4, 0.5) is 14.5 Å². The van der Waals surface area contributed by atoms with Gasteiger partial charge in [-0.15, -0.1) is 11.6 Å². The SMILES string of the molecule is CC(C)(CCl)C(=O)Nc1cc(Br)c(F)cc1F. The number of carbonyl (C=O) groups excluding carboxylic acids is 1. The summed E-state index contributed by atoms with van der Waals surface area (Å²) in [4.78, 5) is 11.7. The number of amides is 1. The second-order valence-electron chi connectivity index (χ2n) is 4.22. The van der Waals surface area contributed by atoms with E-state index in [4.69, 9.17) is 11.6 Å². The van der Waals surface area contributed by atoms with Crippen molar-refractivity contribution in [2.24, 2.45) is 5.41 Å². The fraction of sp³-hybridized carbons (Fsp3) is 0.364. The molecule has 1 aromatic rings. The van der Waals surface area contributed by atoms with Crippen LogP contribution in [0.15, 0.2) is 16.6 Å². The molecule has 1 N–H and O–H groups in total. The first-order valence-corrected chi connectivity index (χ1v) is 6.12. The molecule has 0 fully saturated rings. The Kier molecular flexibility index (Phi) is 4.49. The van der Waals surface area contributed by atoms with E-state index in [2.05, 4.69) is 21.2 Å². The number of nitrogens with one attached hydrogen (secondary N) is 1. The lowest BCUT2D eigenvalue weighted by Gasteiger charge is -2.20. The summed E-state index contributed by atoms with van der Waals surface area (Å²) >= 11 is 8.55. The molecule has 0 heterocycles.